The summed E-state index contributed by atoms with van der Waals surface area (Å²) in [6.45, 7) is 7.05. The van der Waals surface area contributed by atoms with Gasteiger partial charge in [0.15, 0.2) is 0 Å². The monoisotopic (exact) mass is 248 g/mol. The average Bonchev–Trinajstić information content (AvgIpc) is 2.42. The van der Waals surface area contributed by atoms with Crippen LogP contribution in [-0.2, 0) is 4.84 Å². The van der Waals surface area contributed by atoms with Crippen molar-refractivity contribution in [2.75, 3.05) is 13.1 Å². The van der Waals surface area contributed by atoms with Crippen LogP contribution in [0.5, 0.6) is 0 Å². The van der Waals surface area contributed by atoms with Crippen molar-refractivity contribution in [3.8, 4) is 0 Å². The largest absolute Gasteiger partial charge is 0.435 e. The zero-order chi connectivity index (χ0) is 13.4. The first-order valence-electron chi connectivity index (χ1n) is 6.31. The van der Waals surface area contributed by atoms with Crippen LogP contribution in [0.4, 0.5) is 4.79 Å². The lowest BCUT2D eigenvalue weighted by Crippen LogP contribution is -2.30. The molecule has 4 nitrogen and oxygen atoms in total. The van der Waals surface area contributed by atoms with Crippen LogP contribution < -0.4 is 0 Å². The van der Waals surface area contributed by atoms with Gasteiger partial charge in [-0.05, 0) is 25.8 Å². The number of carbonyl (C=O) groups excluding carboxylic acids is 1. The standard InChI is InChI=1S/C14H20N2O2/c1-4-13(12-10-8-7-9-11-12)15-18-14(17)16(5-2)6-3/h7-11H,4-6H2,1-3H3/b15-13+. The summed E-state index contributed by atoms with van der Waals surface area (Å²) >= 11 is 0. The number of rotatable bonds is 5. The van der Waals surface area contributed by atoms with Crippen LogP contribution in [0.2, 0.25) is 0 Å². The van der Waals surface area contributed by atoms with Crippen LogP contribution in [0.3, 0.4) is 0 Å². The minimum atomic E-state index is -0.401. The molecule has 1 aromatic carbocycles. The molecule has 0 spiro atoms. The van der Waals surface area contributed by atoms with E-state index in [9.17, 15) is 4.79 Å². The van der Waals surface area contributed by atoms with Crippen molar-refractivity contribution in [3.05, 3.63) is 35.9 Å². The van der Waals surface area contributed by atoms with Crippen molar-refractivity contribution in [3.63, 3.8) is 0 Å². The van der Waals surface area contributed by atoms with E-state index < -0.39 is 6.09 Å². The third-order valence-corrected chi connectivity index (χ3v) is 2.70. The summed E-state index contributed by atoms with van der Waals surface area (Å²) in [5.41, 5.74) is 1.75. The molecule has 1 amide bonds. The Kier molecular flexibility index (Phi) is 5.91. The molecule has 0 aliphatic carbocycles. The lowest BCUT2D eigenvalue weighted by molar-refractivity contribution is 0.109. The first kappa shape index (κ1) is 14.2. The van der Waals surface area contributed by atoms with E-state index in [0.717, 1.165) is 17.7 Å². The molecular weight excluding hydrogens is 228 g/mol. The summed E-state index contributed by atoms with van der Waals surface area (Å²) < 4.78 is 0. The van der Waals surface area contributed by atoms with Gasteiger partial charge in [-0.3, -0.25) is 4.84 Å². The van der Waals surface area contributed by atoms with Gasteiger partial charge in [-0.1, -0.05) is 42.4 Å². The van der Waals surface area contributed by atoms with Gasteiger partial charge in [0.1, 0.15) is 0 Å². The van der Waals surface area contributed by atoms with Crippen LogP contribution in [0.1, 0.15) is 32.8 Å². The van der Waals surface area contributed by atoms with E-state index in [-0.39, 0.29) is 0 Å². The second kappa shape index (κ2) is 7.48. The molecule has 0 saturated carbocycles. The number of amides is 1. The lowest BCUT2D eigenvalue weighted by atomic mass is 10.1. The number of oxime groups is 1. The molecule has 0 aliphatic rings. The molecule has 0 saturated heterocycles. The van der Waals surface area contributed by atoms with Crippen molar-refractivity contribution in [2.45, 2.75) is 27.2 Å². The maximum absolute atomic E-state index is 11.7. The summed E-state index contributed by atoms with van der Waals surface area (Å²) in [5.74, 6) is 0. The van der Waals surface area contributed by atoms with Gasteiger partial charge in [0.25, 0.3) is 0 Å². The third-order valence-electron chi connectivity index (χ3n) is 2.70. The minimum absolute atomic E-state index is 0.401. The van der Waals surface area contributed by atoms with Gasteiger partial charge in [-0.25, -0.2) is 4.79 Å². The van der Waals surface area contributed by atoms with Crippen molar-refractivity contribution in [2.24, 2.45) is 5.16 Å². The highest BCUT2D eigenvalue weighted by molar-refractivity contribution is 6.00. The predicted octanol–water partition coefficient (Wildman–Crippen LogP) is 3.28. The summed E-state index contributed by atoms with van der Waals surface area (Å²) in [7, 11) is 0. The Morgan fingerprint density at radius 2 is 1.78 bits per heavy atom. The van der Waals surface area contributed by atoms with Crippen LogP contribution in [0, 0.1) is 0 Å². The van der Waals surface area contributed by atoms with Gasteiger partial charge in [-0.2, -0.15) is 0 Å². The molecule has 0 radical (unpaired) electrons. The highest BCUT2D eigenvalue weighted by Crippen LogP contribution is 2.05. The van der Waals surface area contributed by atoms with Crippen LogP contribution in [0.15, 0.2) is 35.5 Å². The Morgan fingerprint density at radius 3 is 2.28 bits per heavy atom. The van der Waals surface area contributed by atoms with Crippen molar-refractivity contribution < 1.29 is 9.63 Å². The predicted molar refractivity (Wildman–Crippen MR) is 72.7 cm³/mol. The number of hydrogen-bond donors (Lipinski definition) is 0. The smallest absolute Gasteiger partial charge is 0.307 e. The zero-order valence-electron chi connectivity index (χ0n) is 11.2. The van der Waals surface area contributed by atoms with E-state index in [1.165, 1.54) is 0 Å². The van der Waals surface area contributed by atoms with Crippen LogP contribution >= 0.6 is 0 Å². The maximum Gasteiger partial charge on any atom is 0.435 e. The Bertz CT molecular complexity index is 398. The average molecular weight is 248 g/mol. The Balaban J connectivity index is 2.72. The van der Waals surface area contributed by atoms with Gasteiger partial charge in [0.2, 0.25) is 0 Å². The van der Waals surface area contributed by atoms with E-state index in [1.54, 1.807) is 4.90 Å². The zero-order valence-corrected chi connectivity index (χ0v) is 11.2. The second-order valence-corrected chi connectivity index (χ2v) is 3.79. The lowest BCUT2D eigenvalue weighted by Gasteiger charge is -2.15. The summed E-state index contributed by atoms with van der Waals surface area (Å²) in [4.78, 5) is 18.2. The molecule has 0 aromatic heterocycles. The number of hydrogen-bond acceptors (Lipinski definition) is 3. The van der Waals surface area contributed by atoms with E-state index in [4.69, 9.17) is 4.84 Å². The molecule has 18 heavy (non-hydrogen) atoms. The van der Waals surface area contributed by atoms with Crippen molar-refractivity contribution >= 4 is 11.8 Å². The summed E-state index contributed by atoms with van der Waals surface area (Å²) in [6.07, 6.45) is 0.317. The highest BCUT2D eigenvalue weighted by Gasteiger charge is 2.11. The first-order valence-corrected chi connectivity index (χ1v) is 6.31. The summed E-state index contributed by atoms with van der Waals surface area (Å²) in [5, 5.41) is 3.95. The van der Waals surface area contributed by atoms with Gasteiger partial charge in [-0.15, -0.1) is 0 Å². The Hall–Kier alpha value is -1.84. The molecular formula is C14H20N2O2. The van der Waals surface area contributed by atoms with Gasteiger partial charge < -0.3 is 4.90 Å². The topological polar surface area (TPSA) is 41.9 Å². The maximum atomic E-state index is 11.7. The van der Waals surface area contributed by atoms with E-state index in [2.05, 4.69) is 5.16 Å². The number of benzene rings is 1. The quantitative estimate of drug-likeness (QED) is 0.456. The molecule has 0 aliphatic heterocycles. The Morgan fingerprint density at radius 1 is 1.17 bits per heavy atom. The SMILES string of the molecule is CC/C(=N\OC(=O)N(CC)CC)c1ccccc1. The minimum Gasteiger partial charge on any atom is -0.307 e. The van der Waals surface area contributed by atoms with Gasteiger partial charge in [0.05, 0.1) is 5.71 Å². The van der Waals surface area contributed by atoms with Crippen molar-refractivity contribution in [1.82, 2.24) is 4.90 Å². The van der Waals surface area contributed by atoms with E-state index in [0.29, 0.717) is 13.1 Å². The molecule has 1 rings (SSSR count). The number of carbonyl (C=O) groups is 1. The molecule has 0 N–H and O–H groups in total. The van der Waals surface area contributed by atoms with Crippen molar-refractivity contribution in [1.29, 1.82) is 0 Å². The van der Waals surface area contributed by atoms with E-state index in [1.807, 2.05) is 51.1 Å². The number of nitrogens with zero attached hydrogens (tertiary/aromatic N) is 2. The molecule has 98 valence electrons. The fourth-order valence-electron chi connectivity index (χ4n) is 1.59. The highest BCUT2D eigenvalue weighted by atomic mass is 16.7. The second-order valence-electron chi connectivity index (χ2n) is 3.79. The fourth-order valence-corrected chi connectivity index (χ4v) is 1.59. The summed E-state index contributed by atoms with van der Waals surface area (Å²) in [6, 6.07) is 9.72. The molecule has 0 heterocycles. The first-order chi connectivity index (χ1) is 8.72. The third kappa shape index (κ3) is 3.87. The van der Waals surface area contributed by atoms with E-state index >= 15 is 0 Å². The van der Waals surface area contributed by atoms with Crippen LogP contribution in [-0.4, -0.2) is 29.8 Å². The molecule has 4 heteroatoms. The molecule has 0 bridgehead atoms. The fraction of sp³-hybridized carbons (Fsp3) is 0.429. The van der Waals surface area contributed by atoms with Gasteiger partial charge >= 0.3 is 6.09 Å². The molecule has 0 fully saturated rings. The molecule has 1 aromatic rings. The Labute approximate surface area is 108 Å². The normalized spacial score (nSPS) is 11.2. The molecule has 0 atom stereocenters. The van der Waals surface area contributed by atoms with Gasteiger partial charge in [0, 0.05) is 13.1 Å². The molecule has 0 unspecified atom stereocenters. The van der Waals surface area contributed by atoms with Crippen LogP contribution in [0.25, 0.3) is 0 Å².